The molecule has 1 aliphatic heterocycles. The molecular formula is C19H29ClN4O. The molecule has 138 valence electrons. The summed E-state index contributed by atoms with van der Waals surface area (Å²) >= 11 is 0. The fourth-order valence-corrected chi connectivity index (χ4v) is 4.92. The first kappa shape index (κ1) is 18.6. The maximum atomic E-state index is 12.8. The molecule has 5 nitrogen and oxygen atoms in total. The number of hydrazine groups is 1. The third kappa shape index (κ3) is 4.00. The summed E-state index contributed by atoms with van der Waals surface area (Å²) in [5.74, 6) is 1.27. The van der Waals surface area contributed by atoms with E-state index in [1.54, 1.807) is 0 Å². The van der Waals surface area contributed by atoms with Gasteiger partial charge in [0.25, 0.3) is 0 Å². The van der Waals surface area contributed by atoms with Gasteiger partial charge in [-0.1, -0.05) is 36.8 Å². The smallest absolute Gasteiger partial charge is 0.238 e. The van der Waals surface area contributed by atoms with E-state index in [1.165, 1.54) is 24.8 Å². The van der Waals surface area contributed by atoms with Crippen LogP contribution >= 0.6 is 12.4 Å². The normalized spacial score (nSPS) is 37.2. The molecule has 3 aliphatic rings. The van der Waals surface area contributed by atoms with E-state index in [-0.39, 0.29) is 30.4 Å². The summed E-state index contributed by atoms with van der Waals surface area (Å²) in [4.78, 5) is 12.8. The van der Waals surface area contributed by atoms with Crippen molar-refractivity contribution < 1.29 is 4.79 Å². The average Bonchev–Trinajstić information content (AvgIpc) is 3.07. The molecule has 1 amide bonds. The van der Waals surface area contributed by atoms with Gasteiger partial charge in [-0.2, -0.15) is 0 Å². The number of amides is 1. The summed E-state index contributed by atoms with van der Waals surface area (Å²) < 4.78 is 0. The summed E-state index contributed by atoms with van der Waals surface area (Å²) in [7, 11) is 0. The van der Waals surface area contributed by atoms with Crippen molar-refractivity contribution in [1.29, 1.82) is 0 Å². The third-order valence-electron chi connectivity index (χ3n) is 6.11. The van der Waals surface area contributed by atoms with Crippen LogP contribution in [0.4, 0.5) is 0 Å². The molecule has 1 heterocycles. The molecule has 4 rings (SSSR count). The topological polar surface area (TPSA) is 79.2 Å². The van der Waals surface area contributed by atoms with Crippen LogP contribution in [0.5, 0.6) is 0 Å². The Kier molecular flexibility index (Phi) is 6.00. The van der Waals surface area contributed by atoms with Crippen LogP contribution in [-0.2, 0) is 4.79 Å². The zero-order chi connectivity index (χ0) is 16.5. The fourth-order valence-electron chi connectivity index (χ4n) is 4.92. The van der Waals surface area contributed by atoms with Crippen molar-refractivity contribution in [2.75, 3.05) is 0 Å². The Bertz CT molecular complexity index is 570. The Hall–Kier alpha value is -1.14. The molecular weight excluding hydrogens is 336 g/mol. The third-order valence-corrected chi connectivity index (χ3v) is 6.11. The lowest BCUT2D eigenvalue weighted by atomic mass is 9.67. The van der Waals surface area contributed by atoms with Gasteiger partial charge in [-0.25, -0.2) is 10.9 Å². The number of hydrogen-bond donors (Lipinski definition) is 4. The van der Waals surface area contributed by atoms with Crippen LogP contribution in [0.25, 0.3) is 0 Å². The van der Waals surface area contributed by atoms with Crippen LogP contribution in [0, 0.1) is 11.8 Å². The van der Waals surface area contributed by atoms with Gasteiger partial charge in [-0.15, -0.1) is 12.4 Å². The van der Waals surface area contributed by atoms with Crippen molar-refractivity contribution in [3.8, 4) is 0 Å². The molecule has 3 fully saturated rings. The maximum absolute atomic E-state index is 12.8. The van der Waals surface area contributed by atoms with Crippen LogP contribution in [0.2, 0.25) is 0 Å². The number of hydrogen-bond acceptors (Lipinski definition) is 4. The van der Waals surface area contributed by atoms with Crippen LogP contribution in [0.15, 0.2) is 30.3 Å². The minimum absolute atomic E-state index is 0. The first-order valence-electron chi connectivity index (χ1n) is 9.32. The Balaban J connectivity index is 0.00000182. The predicted molar refractivity (Wildman–Crippen MR) is 101 cm³/mol. The number of fused-ring (bicyclic) bond motifs is 2. The second-order valence-corrected chi connectivity index (χ2v) is 7.76. The number of carbonyl (C=O) groups excluding carboxylic acids is 1. The lowest BCUT2D eigenvalue weighted by Gasteiger charge is -2.45. The molecule has 2 bridgehead atoms. The van der Waals surface area contributed by atoms with Crippen LogP contribution < -0.4 is 21.9 Å². The van der Waals surface area contributed by atoms with E-state index in [0.29, 0.717) is 23.9 Å². The largest absolute Gasteiger partial charge is 0.351 e. The minimum Gasteiger partial charge on any atom is -0.351 e. The highest BCUT2D eigenvalue weighted by molar-refractivity contribution is 5.85. The van der Waals surface area contributed by atoms with E-state index >= 15 is 0 Å². The van der Waals surface area contributed by atoms with E-state index < -0.39 is 0 Å². The molecule has 25 heavy (non-hydrogen) atoms. The van der Waals surface area contributed by atoms with Gasteiger partial charge in [0.05, 0.1) is 0 Å². The molecule has 4 atom stereocenters. The molecule has 1 saturated heterocycles. The van der Waals surface area contributed by atoms with Gasteiger partial charge in [-0.3, -0.25) is 4.79 Å². The average molecular weight is 365 g/mol. The highest BCUT2D eigenvalue weighted by atomic mass is 35.5. The molecule has 2 aliphatic carbocycles. The molecule has 0 radical (unpaired) electrons. The maximum Gasteiger partial charge on any atom is 0.238 e. The minimum atomic E-state index is -0.161. The second kappa shape index (κ2) is 8.04. The molecule has 0 spiro atoms. The van der Waals surface area contributed by atoms with Gasteiger partial charge in [0.2, 0.25) is 5.91 Å². The van der Waals surface area contributed by atoms with E-state index in [2.05, 4.69) is 28.3 Å². The van der Waals surface area contributed by atoms with Crippen molar-refractivity contribution in [1.82, 2.24) is 16.2 Å². The van der Waals surface area contributed by atoms with Gasteiger partial charge in [0.1, 0.15) is 6.04 Å². The molecule has 6 heteroatoms. The summed E-state index contributed by atoms with van der Waals surface area (Å²) in [6, 6.07) is 11.0. The Morgan fingerprint density at radius 2 is 1.72 bits per heavy atom. The molecule has 2 saturated carbocycles. The number of carbonyl (C=O) groups is 1. The van der Waals surface area contributed by atoms with Gasteiger partial charge < -0.3 is 11.1 Å². The lowest BCUT2D eigenvalue weighted by Crippen LogP contribution is -2.56. The fraction of sp³-hybridized carbons (Fsp3) is 0.632. The monoisotopic (exact) mass is 364 g/mol. The number of benzene rings is 1. The number of rotatable bonds is 3. The Labute approximate surface area is 155 Å². The quantitative estimate of drug-likeness (QED) is 0.661. The van der Waals surface area contributed by atoms with Gasteiger partial charge in [0.15, 0.2) is 0 Å². The standard InChI is InChI=1S/C19H28N4O.ClH/c20-15-9-13-7-4-8-14(10-15)18(13)21-19(24)17-11-16(22-23-17)12-5-2-1-3-6-12;/h1-3,5-6,13-18,22-23H,4,7-11,20H2,(H,21,24);1H. The molecule has 5 N–H and O–H groups in total. The van der Waals surface area contributed by atoms with Crippen LogP contribution in [-0.4, -0.2) is 24.0 Å². The van der Waals surface area contributed by atoms with E-state index in [1.807, 2.05) is 18.2 Å². The summed E-state index contributed by atoms with van der Waals surface area (Å²) in [6.45, 7) is 0. The van der Waals surface area contributed by atoms with Crippen molar-refractivity contribution in [3.05, 3.63) is 35.9 Å². The Morgan fingerprint density at radius 3 is 2.40 bits per heavy atom. The number of nitrogens with one attached hydrogen (secondary N) is 3. The van der Waals surface area contributed by atoms with Gasteiger partial charge >= 0.3 is 0 Å². The summed E-state index contributed by atoms with van der Waals surface area (Å²) in [6.07, 6.45) is 6.61. The van der Waals surface area contributed by atoms with Crippen molar-refractivity contribution in [2.24, 2.45) is 17.6 Å². The van der Waals surface area contributed by atoms with Gasteiger partial charge in [-0.05, 0) is 49.5 Å². The van der Waals surface area contributed by atoms with E-state index in [9.17, 15) is 4.79 Å². The molecule has 0 aromatic heterocycles. The summed E-state index contributed by atoms with van der Waals surface area (Å²) in [5.41, 5.74) is 13.9. The number of nitrogens with two attached hydrogens (primary N) is 1. The first-order chi connectivity index (χ1) is 11.7. The van der Waals surface area contributed by atoms with Crippen LogP contribution in [0.3, 0.4) is 0 Å². The number of halogens is 1. The van der Waals surface area contributed by atoms with Crippen LogP contribution in [0.1, 0.15) is 50.1 Å². The Morgan fingerprint density at radius 1 is 1.04 bits per heavy atom. The van der Waals surface area contributed by atoms with Crippen molar-refractivity contribution in [3.63, 3.8) is 0 Å². The first-order valence-corrected chi connectivity index (χ1v) is 9.32. The van der Waals surface area contributed by atoms with E-state index in [4.69, 9.17) is 5.73 Å². The molecule has 4 unspecified atom stereocenters. The van der Waals surface area contributed by atoms with E-state index in [0.717, 1.165) is 19.3 Å². The van der Waals surface area contributed by atoms with Crippen molar-refractivity contribution in [2.45, 2.75) is 62.7 Å². The lowest BCUT2D eigenvalue weighted by molar-refractivity contribution is -0.125. The predicted octanol–water partition coefficient (Wildman–Crippen LogP) is 2.04. The highest BCUT2D eigenvalue weighted by Crippen LogP contribution is 2.39. The highest BCUT2D eigenvalue weighted by Gasteiger charge is 2.41. The zero-order valence-corrected chi connectivity index (χ0v) is 15.3. The van der Waals surface area contributed by atoms with Gasteiger partial charge in [0, 0.05) is 18.1 Å². The van der Waals surface area contributed by atoms with Crippen molar-refractivity contribution >= 4 is 18.3 Å². The second-order valence-electron chi connectivity index (χ2n) is 7.76. The zero-order valence-electron chi connectivity index (χ0n) is 14.5. The molecule has 1 aromatic carbocycles. The molecule has 1 aromatic rings. The SMILES string of the molecule is Cl.NC1CC2CCCC(C1)C2NC(=O)C1CC(c2ccccc2)NN1. The summed E-state index contributed by atoms with van der Waals surface area (Å²) in [5, 5.41) is 3.36.